The second-order valence-corrected chi connectivity index (χ2v) is 17.7. The molecular formula is C67H48N2. The normalized spacial score (nSPS) is 12.1. The van der Waals surface area contributed by atoms with E-state index in [9.17, 15) is 0 Å². The Bertz CT molecular complexity index is 3950. The van der Waals surface area contributed by atoms with Gasteiger partial charge in [0.2, 0.25) is 0 Å². The fraction of sp³-hybridized carbons (Fsp3) is 0.0149. The highest BCUT2D eigenvalue weighted by Crippen LogP contribution is 2.43. The van der Waals surface area contributed by atoms with Crippen LogP contribution in [-0.2, 0) is 0 Å². The van der Waals surface area contributed by atoms with Crippen molar-refractivity contribution in [2.75, 3.05) is 4.90 Å². The van der Waals surface area contributed by atoms with E-state index in [1.54, 1.807) is 0 Å². The first-order chi connectivity index (χ1) is 34.1. The highest BCUT2D eigenvalue weighted by Gasteiger charge is 2.21. The van der Waals surface area contributed by atoms with Crippen molar-refractivity contribution in [3.63, 3.8) is 0 Å². The monoisotopic (exact) mass is 880 g/mol. The second kappa shape index (κ2) is 17.7. The van der Waals surface area contributed by atoms with E-state index in [0.29, 0.717) is 0 Å². The topological polar surface area (TPSA) is 8.17 Å². The number of benzene rings is 11. The lowest BCUT2D eigenvalue weighted by Gasteiger charge is -2.27. The Hall–Kier alpha value is -8.98. The van der Waals surface area contributed by atoms with Gasteiger partial charge in [0.25, 0.3) is 0 Å². The number of aromatic nitrogens is 1. The predicted molar refractivity (Wildman–Crippen MR) is 297 cm³/mol. The van der Waals surface area contributed by atoms with Crippen molar-refractivity contribution in [3.05, 3.63) is 279 Å². The zero-order valence-corrected chi connectivity index (χ0v) is 38.4. The van der Waals surface area contributed by atoms with Gasteiger partial charge in [0, 0.05) is 33.5 Å². The molecule has 1 heterocycles. The number of hydrogen-bond donors (Lipinski definition) is 0. The molecule has 2 heteroatoms. The smallest absolute Gasteiger partial charge is 0.0547 e. The van der Waals surface area contributed by atoms with Crippen LogP contribution < -0.4 is 4.90 Å². The van der Waals surface area contributed by atoms with Gasteiger partial charge in [-0.25, -0.2) is 0 Å². The Kier molecular flexibility index (Phi) is 10.6. The van der Waals surface area contributed by atoms with Crippen molar-refractivity contribution < 1.29 is 0 Å². The summed E-state index contributed by atoms with van der Waals surface area (Å²) in [7, 11) is 0. The molecule has 0 saturated heterocycles. The minimum absolute atomic E-state index is 0.998. The molecule has 0 fully saturated rings. The van der Waals surface area contributed by atoms with E-state index >= 15 is 0 Å². The summed E-state index contributed by atoms with van der Waals surface area (Å²) in [6.07, 6.45) is 6.37. The average molecular weight is 881 g/mol. The summed E-state index contributed by atoms with van der Waals surface area (Å²) in [4.78, 5) is 2.36. The summed E-state index contributed by atoms with van der Waals surface area (Å²) in [5, 5.41) is 9.96. The molecule has 12 aromatic rings. The average Bonchev–Trinajstić information content (AvgIpc) is 3.77. The van der Waals surface area contributed by atoms with E-state index in [2.05, 4.69) is 278 Å². The minimum Gasteiger partial charge on any atom is -0.310 e. The fourth-order valence-corrected chi connectivity index (χ4v) is 10.5. The Balaban J connectivity index is 1.03. The summed E-state index contributed by atoms with van der Waals surface area (Å²) in [6.45, 7) is 6.52. The zero-order valence-electron chi connectivity index (χ0n) is 38.4. The maximum absolute atomic E-state index is 4.28. The molecule has 0 aliphatic heterocycles. The van der Waals surface area contributed by atoms with Crippen molar-refractivity contribution in [2.45, 2.75) is 6.92 Å². The predicted octanol–water partition coefficient (Wildman–Crippen LogP) is 18.6. The van der Waals surface area contributed by atoms with Crippen LogP contribution in [-0.4, -0.2) is 4.57 Å². The Labute approximate surface area is 403 Å². The molecule has 0 bridgehead atoms. The van der Waals surface area contributed by atoms with Gasteiger partial charge < -0.3 is 9.47 Å². The molecule has 1 aromatic heterocycles. The number of anilines is 2. The van der Waals surface area contributed by atoms with Crippen LogP contribution in [0.3, 0.4) is 0 Å². The van der Waals surface area contributed by atoms with Gasteiger partial charge in [0.1, 0.15) is 0 Å². The van der Waals surface area contributed by atoms with Gasteiger partial charge in [0.15, 0.2) is 0 Å². The van der Waals surface area contributed by atoms with Crippen molar-refractivity contribution in [3.8, 4) is 39.1 Å². The Morgan fingerprint density at radius 2 is 0.957 bits per heavy atom. The van der Waals surface area contributed by atoms with Gasteiger partial charge in [-0.3, -0.25) is 0 Å². The third-order valence-electron chi connectivity index (χ3n) is 13.7. The molecule has 0 amide bonds. The fourth-order valence-electron chi connectivity index (χ4n) is 10.5. The molecule has 0 aliphatic carbocycles. The summed E-state index contributed by atoms with van der Waals surface area (Å²) < 4.78 is 2.42. The number of rotatable bonds is 10. The van der Waals surface area contributed by atoms with Gasteiger partial charge in [-0.1, -0.05) is 201 Å². The van der Waals surface area contributed by atoms with Crippen molar-refractivity contribution >= 4 is 71.1 Å². The molecule has 0 saturated carbocycles. The number of nitrogens with zero attached hydrogens (tertiary/aromatic N) is 2. The van der Waals surface area contributed by atoms with Crippen LogP contribution in [0.2, 0.25) is 0 Å². The van der Waals surface area contributed by atoms with Crippen LogP contribution in [0.15, 0.2) is 273 Å². The van der Waals surface area contributed by atoms with Gasteiger partial charge in [-0.2, -0.15) is 0 Å². The molecule has 0 spiro atoms. The lowest BCUT2D eigenvalue weighted by molar-refractivity contribution is 1.18. The van der Waals surface area contributed by atoms with Gasteiger partial charge in [0.05, 0.1) is 11.0 Å². The van der Waals surface area contributed by atoms with Crippen LogP contribution >= 0.6 is 0 Å². The summed E-state index contributed by atoms with van der Waals surface area (Å²) in [5.41, 5.74) is 16.1. The van der Waals surface area contributed by atoms with E-state index in [1.807, 2.05) is 6.08 Å². The molecular weight excluding hydrogens is 833 g/mol. The SMILES string of the molecule is C=C/C=C(\C=C(/C)c1cccc2c1c1c3ccccc3ccc1n2-c1ccccc1)N(c1ccc(-c2ccccc2-c2ccccc2)cc1)c1ccc(-c2cc3ccccc3c3ccccc23)cc1. The first-order valence-electron chi connectivity index (χ1n) is 23.7. The van der Waals surface area contributed by atoms with Crippen LogP contribution in [0.5, 0.6) is 0 Å². The van der Waals surface area contributed by atoms with E-state index in [1.165, 1.54) is 87.5 Å². The van der Waals surface area contributed by atoms with Crippen LogP contribution in [0, 0.1) is 0 Å². The highest BCUT2D eigenvalue weighted by atomic mass is 15.1. The first kappa shape index (κ1) is 41.5. The van der Waals surface area contributed by atoms with Crippen LogP contribution in [0.4, 0.5) is 11.4 Å². The van der Waals surface area contributed by atoms with E-state index < -0.39 is 0 Å². The van der Waals surface area contributed by atoms with Crippen LogP contribution in [0.25, 0.3) is 98.8 Å². The number of para-hydroxylation sites is 1. The molecule has 69 heavy (non-hydrogen) atoms. The molecule has 0 atom stereocenters. The van der Waals surface area contributed by atoms with Gasteiger partial charge in [-0.15, -0.1) is 0 Å². The molecule has 0 N–H and O–H groups in total. The number of fused-ring (bicyclic) bond motifs is 8. The molecule has 12 rings (SSSR count). The summed E-state index contributed by atoms with van der Waals surface area (Å²) in [6, 6.07) is 88.0. The van der Waals surface area contributed by atoms with Gasteiger partial charge >= 0.3 is 0 Å². The maximum Gasteiger partial charge on any atom is 0.0547 e. The van der Waals surface area contributed by atoms with Crippen LogP contribution in [0.1, 0.15) is 12.5 Å². The third kappa shape index (κ3) is 7.40. The summed E-state index contributed by atoms with van der Waals surface area (Å²) >= 11 is 0. The molecule has 326 valence electrons. The van der Waals surface area contributed by atoms with E-state index in [0.717, 1.165) is 33.9 Å². The third-order valence-corrected chi connectivity index (χ3v) is 13.7. The van der Waals surface area contributed by atoms with Gasteiger partial charge in [-0.05, 0) is 151 Å². The quantitative estimate of drug-likeness (QED) is 0.0981. The number of hydrogen-bond acceptors (Lipinski definition) is 1. The lowest BCUT2D eigenvalue weighted by atomic mass is 9.93. The van der Waals surface area contributed by atoms with E-state index in [-0.39, 0.29) is 0 Å². The Morgan fingerprint density at radius 1 is 0.420 bits per heavy atom. The molecule has 0 unspecified atom stereocenters. The molecule has 11 aromatic carbocycles. The molecule has 2 nitrogen and oxygen atoms in total. The molecule has 0 radical (unpaired) electrons. The van der Waals surface area contributed by atoms with Crippen molar-refractivity contribution in [1.29, 1.82) is 0 Å². The van der Waals surface area contributed by atoms with E-state index in [4.69, 9.17) is 0 Å². The van der Waals surface area contributed by atoms with Crippen molar-refractivity contribution in [1.82, 2.24) is 4.57 Å². The lowest BCUT2D eigenvalue weighted by Crippen LogP contribution is -2.15. The maximum atomic E-state index is 4.28. The second-order valence-electron chi connectivity index (χ2n) is 17.7. The van der Waals surface area contributed by atoms with Crippen molar-refractivity contribution in [2.24, 2.45) is 0 Å². The Morgan fingerprint density at radius 3 is 1.64 bits per heavy atom. The first-order valence-corrected chi connectivity index (χ1v) is 23.7. The zero-order chi connectivity index (χ0) is 46.3. The summed E-state index contributed by atoms with van der Waals surface area (Å²) in [5.74, 6) is 0. The highest BCUT2D eigenvalue weighted by molar-refractivity contribution is 6.24. The standard InChI is InChI=1S/C67H48N2/c1-3-19-55(44-46(2)56-32-18-33-64-66(56)67-60-29-13-10-22-48(60)38-43-65(67)69(64)52-24-8-5-9-25-52)68(53-39-34-49(35-40-53)58-27-15-14-26-57(58)47-20-6-4-7-21-47)54-41-36-50(37-42-54)63-45-51-23-11-12-28-59(51)61-30-16-17-31-62(61)63/h3-45H,1H2,2H3/b46-44+,55-19+. The minimum atomic E-state index is 0.998. The largest absolute Gasteiger partial charge is 0.310 e. The molecule has 0 aliphatic rings. The number of allylic oxidation sites excluding steroid dienone is 4.